The van der Waals surface area contributed by atoms with Crippen molar-refractivity contribution in [1.29, 1.82) is 0 Å². The summed E-state index contributed by atoms with van der Waals surface area (Å²) in [6.45, 7) is 4.03. The van der Waals surface area contributed by atoms with Crippen molar-refractivity contribution in [2.24, 2.45) is 0 Å². The van der Waals surface area contributed by atoms with E-state index in [2.05, 4.69) is 10.3 Å². The molecular weight excluding hydrogens is 348 g/mol. The lowest BCUT2D eigenvalue weighted by molar-refractivity contribution is -0.121. The smallest absolute Gasteiger partial charge is 0.220 e. The SMILES string of the molecule is Cc1ccccc1[C@@H](C)NC(=O)CCc1ncc(-c2ccccc2Cl)o1. The van der Waals surface area contributed by atoms with Crippen molar-refractivity contribution in [2.45, 2.75) is 32.7 Å². The first-order valence-corrected chi connectivity index (χ1v) is 8.97. The van der Waals surface area contributed by atoms with Crippen LogP contribution in [0.15, 0.2) is 59.1 Å². The van der Waals surface area contributed by atoms with Gasteiger partial charge in [0, 0.05) is 18.4 Å². The minimum atomic E-state index is -0.0352. The Balaban J connectivity index is 1.57. The lowest BCUT2D eigenvalue weighted by Gasteiger charge is -2.16. The van der Waals surface area contributed by atoms with Gasteiger partial charge in [-0.1, -0.05) is 48.0 Å². The number of halogens is 1. The second-order valence-electron chi connectivity index (χ2n) is 6.24. The Hall–Kier alpha value is -2.59. The van der Waals surface area contributed by atoms with Crippen LogP contribution in [-0.2, 0) is 11.2 Å². The monoisotopic (exact) mass is 368 g/mol. The van der Waals surface area contributed by atoms with E-state index in [1.54, 1.807) is 12.3 Å². The second kappa shape index (κ2) is 8.19. The average Bonchev–Trinajstić information content (AvgIpc) is 3.09. The molecule has 0 saturated heterocycles. The van der Waals surface area contributed by atoms with Crippen molar-refractivity contribution in [3.63, 3.8) is 0 Å². The maximum absolute atomic E-state index is 12.2. The highest BCUT2D eigenvalue weighted by atomic mass is 35.5. The third-order valence-electron chi connectivity index (χ3n) is 4.29. The zero-order chi connectivity index (χ0) is 18.5. The number of benzene rings is 2. The summed E-state index contributed by atoms with van der Waals surface area (Å²) in [4.78, 5) is 16.5. The third kappa shape index (κ3) is 4.33. The van der Waals surface area contributed by atoms with Gasteiger partial charge in [0.25, 0.3) is 0 Å². The number of nitrogens with zero attached hydrogens (tertiary/aromatic N) is 1. The maximum Gasteiger partial charge on any atom is 0.220 e. The zero-order valence-corrected chi connectivity index (χ0v) is 15.6. The van der Waals surface area contributed by atoms with E-state index in [1.807, 2.05) is 56.3 Å². The van der Waals surface area contributed by atoms with E-state index in [1.165, 1.54) is 0 Å². The number of hydrogen-bond donors (Lipinski definition) is 1. The molecule has 0 saturated carbocycles. The lowest BCUT2D eigenvalue weighted by atomic mass is 10.0. The molecule has 1 N–H and O–H groups in total. The Bertz CT molecular complexity index is 904. The number of aryl methyl sites for hydroxylation is 2. The first-order valence-electron chi connectivity index (χ1n) is 8.59. The molecule has 0 aliphatic heterocycles. The van der Waals surface area contributed by atoms with Crippen LogP contribution in [0.3, 0.4) is 0 Å². The summed E-state index contributed by atoms with van der Waals surface area (Å²) in [7, 11) is 0. The van der Waals surface area contributed by atoms with Crippen LogP contribution in [0, 0.1) is 6.92 Å². The molecule has 3 aromatic rings. The predicted molar refractivity (Wildman–Crippen MR) is 103 cm³/mol. The van der Waals surface area contributed by atoms with Crippen molar-refractivity contribution in [3.8, 4) is 11.3 Å². The summed E-state index contributed by atoms with van der Waals surface area (Å²) in [6.07, 6.45) is 2.40. The molecule has 0 aliphatic carbocycles. The molecule has 1 atom stereocenters. The van der Waals surface area contributed by atoms with Crippen molar-refractivity contribution in [2.75, 3.05) is 0 Å². The largest absolute Gasteiger partial charge is 0.441 e. The van der Waals surface area contributed by atoms with Gasteiger partial charge in [0.2, 0.25) is 5.91 Å². The minimum absolute atomic E-state index is 0.0294. The van der Waals surface area contributed by atoms with Crippen LogP contribution in [0.1, 0.15) is 36.4 Å². The van der Waals surface area contributed by atoms with Crippen molar-refractivity contribution < 1.29 is 9.21 Å². The van der Waals surface area contributed by atoms with E-state index in [9.17, 15) is 4.79 Å². The molecule has 0 unspecified atom stereocenters. The van der Waals surface area contributed by atoms with Crippen LogP contribution in [-0.4, -0.2) is 10.9 Å². The number of amides is 1. The molecule has 0 radical (unpaired) electrons. The van der Waals surface area contributed by atoms with Gasteiger partial charge >= 0.3 is 0 Å². The Morgan fingerprint density at radius 3 is 2.69 bits per heavy atom. The third-order valence-corrected chi connectivity index (χ3v) is 4.62. The molecule has 0 bridgehead atoms. The molecule has 5 heteroatoms. The van der Waals surface area contributed by atoms with E-state index in [4.69, 9.17) is 16.0 Å². The number of oxazole rings is 1. The van der Waals surface area contributed by atoms with Crippen LogP contribution in [0.25, 0.3) is 11.3 Å². The Morgan fingerprint density at radius 2 is 1.92 bits per heavy atom. The molecule has 0 fully saturated rings. The first kappa shape index (κ1) is 18.2. The second-order valence-corrected chi connectivity index (χ2v) is 6.65. The van der Waals surface area contributed by atoms with E-state index in [0.717, 1.165) is 16.7 Å². The van der Waals surface area contributed by atoms with Gasteiger partial charge in [0.1, 0.15) is 0 Å². The normalized spacial score (nSPS) is 12.0. The van der Waals surface area contributed by atoms with Crippen LogP contribution in [0.2, 0.25) is 5.02 Å². The zero-order valence-electron chi connectivity index (χ0n) is 14.8. The number of rotatable bonds is 6. The standard InChI is InChI=1S/C21H21ClN2O2/c1-14-7-3-4-8-16(14)15(2)24-20(25)11-12-21-23-13-19(26-21)17-9-5-6-10-18(17)22/h3-10,13,15H,11-12H2,1-2H3,(H,24,25)/t15-/m1/s1. The van der Waals surface area contributed by atoms with Gasteiger partial charge in [0.05, 0.1) is 17.3 Å². The van der Waals surface area contributed by atoms with Crippen LogP contribution >= 0.6 is 11.6 Å². The molecule has 4 nitrogen and oxygen atoms in total. The quantitative estimate of drug-likeness (QED) is 0.657. The van der Waals surface area contributed by atoms with Gasteiger partial charge in [-0.15, -0.1) is 0 Å². The molecule has 1 heterocycles. The van der Waals surface area contributed by atoms with Gasteiger partial charge in [-0.05, 0) is 37.1 Å². The highest BCUT2D eigenvalue weighted by Gasteiger charge is 2.14. The van der Waals surface area contributed by atoms with Gasteiger partial charge in [-0.2, -0.15) is 0 Å². The fourth-order valence-corrected chi connectivity index (χ4v) is 3.12. The van der Waals surface area contributed by atoms with Crippen LogP contribution in [0.5, 0.6) is 0 Å². The summed E-state index contributed by atoms with van der Waals surface area (Å²) in [5.41, 5.74) is 3.08. The van der Waals surface area contributed by atoms with Gasteiger partial charge in [-0.3, -0.25) is 4.79 Å². The maximum atomic E-state index is 12.2. The molecule has 0 spiro atoms. The number of aromatic nitrogens is 1. The predicted octanol–water partition coefficient (Wildman–Crippen LogP) is 5.11. The van der Waals surface area contributed by atoms with E-state index in [0.29, 0.717) is 29.5 Å². The molecular formula is C21H21ClN2O2. The molecule has 26 heavy (non-hydrogen) atoms. The lowest BCUT2D eigenvalue weighted by Crippen LogP contribution is -2.27. The van der Waals surface area contributed by atoms with Crippen LogP contribution in [0.4, 0.5) is 0 Å². The molecule has 1 aromatic heterocycles. The molecule has 1 amide bonds. The Morgan fingerprint density at radius 1 is 1.19 bits per heavy atom. The van der Waals surface area contributed by atoms with Crippen molar-refractivity contribution >= 4 is 17.5 Å². The minimum Gasteiger partial charge on any atom is -0.441 e. The number of carbonyl (C=O) groups excluding carboxylic acids is 1. The Kier molecular flexibility index (Phi) is 5.74. The topological polar surface area (TPSA) is 55.1 Å². The summed E-state index contributed by atoms with van der Waals surface area (Å²) < 4.78 is 5.73. The Labute approximate surface area is 158 Å². The van der Waals surface area contributed by atoms with E-state index >= 15 is 0 Å². The highest BCUT2D eigenvalue weighted by molar-refractivity contribution is 6.33. The first-order chi connectivity index (χ1) is 12.5. The summed E-state index contributed by atoms with van der Waals surface area (Å²) in [5, 5.41) is 3.64. The fraction of sp³-hybridized carbons (Fsp3) is 0.238. The molecule has 2 aromatic carbocycles. The van der Waals surface area contributed by atoms with E-state index in [-0.39, 0.29) is 11.9 Å². The number of hydrogen-bond acceptors (Lipinski definition) is 3. The van der Waals surface area contributed by atoms with E-state index < -0.39 is 0 Å². The average molecular weight is 369 g/mol. The van der Waals surface area contributed by atoms with Gasteiger partial charge in [-0.25, -0.2) is 4.98 Å². The van der Waals surface area contributed by atoms with Gasteiger partial charge in [0.15, 0.2) is 11.7 Å². The summed E-state index contributed by atoms with van der Waals surface area (Å²) in [5.74, 6) is 1.11. The number of nitrogens with one attached hydrogen (secondary N) is 1. The fourth-order valence-electron chi connectivity index (χ4n) is 2.90. The molecule has 0 aliphatic rings. The highest BCUT2D eigenvalue weighted by Crippen LogP contribution is 2.28. The van der Waals surface area contributed by atoms with Crippen LogP contribution < -0.4 is 5.32 Å². The molecule has 3 rings (SSSR count). The number of carbonyl (C=O) groups is 1. The summed E-state index contributed by atoms with van der Waals surface area (Å²) >= 11 is 6.17. The van der Waals surface area contributed by atoms with Crippen molar-refractivity contribution in [1.82, 2.24) is 10.3 Å². The van der Waals surface area contributed by atoms with Gasteiger partial charge < -0.3 is 9.73 Å². The molecule has 134 valence electrons. The summed E-state index contributed by atoms with van der Waals surface area (Å²) in [6, 6.07) is 15.5. The van der Waals surface area contributed by atoms with Crippen molar-refractivity contribution in [3.05, 3.63) is 76.8 Å².